The number of hydrogen-bond donors (Lipinski definition) is 0. The van der Waals surface area contributed by atoms with Gasteiger partial charge in [0.05, 0.1) is 0 Å². The molecule has 3 rings (SSSR count). The average Bonchev–Trinajstić information content (AvgIpc) is 3.00. The number of hydrogen-bond acceptors (Lipinski definition) is 0. The minimum atomic E-state index is 0. The van der Waals surface area contributed by atoms with E-state index in [-0.39, 0.29) is 30.2 Å². The van der Waals surface area contributed by atoms with Crippen LogP contribution in [-0.2, 0) is 23.3 Å². The zero-order chi connectivity index (χ0) is 19.0. The van der Waals surface area contributed by atoms with E-state index in [0.29, 0.717) is 11.8 Å². The SMILES string of the molecule is CC1=[C-]C(C)C=C1C.CC1=[C-]C(C)C=C1c1ccccc1.C[Si](C)=[Zr+2].[Cl-].[Cl-]. The first-order valence-corrected chi connectivity index (χ1v) is 15.1. The summed E-state index contributed by atoms with van der Waals surface area (Å²) in [6, 6.07) is 10.5. The molecule has 4 heteroatoms. The summed E-state index contributed by atoms with van der Waals surface area (Å²) >= 11 is 1.74. The van der Waals surface area contributed by atoms with Crippen LogP contribution in [0.1, 0.15) is 40.2 Å². The monoisotopic (exact) mass is 494 g/mol. The maximum Gasteiger partial charge on any atom is -1.00 e. The summed E-state index contributed by atoms with van der Waals surface area (Å²) in [6.07, 6.45) is 11.2. The Hall–Kier alpha value is -0.140. The Morgan fingerprint density at radius 2 is 1.26 bits per heavy atom. The Bertz CT molecular complexity index is 693. The molecule has 1 aromatic rings. The summed E-state index contributed by atoms with van der Waals surface area (Å²) in [6.45, 7) is 15.3. The Morgan fingerprint density at radius 1 is 0.815 bits per heavy atom. The predicted molar refractivity (Wildman–Crippen MR) is 109 cm³/mol. The van der Waals surface area contributed by atoms with E-state index in [0.717, 1.165) is 0 Å². The summed E-state index contributed by atoms with van der Waals surface area (Å²) in [5, 5.41) is 0. The topological polar surface area (TPSA) is 0 Å². The Kier molecular flexibility index (Phi) is 15.9. The van der Waals surface area contributed by atoms with Crippen molar-refractivity contribution >= 4 is 11.0 Å². The molecule has 0 aromatic heterocycles. The first kappa shape index (κ1) is 29.1. The molecule has 1 aromatic carbocycles. The van der Waals surface area contributed by atoms with Gasteiger partial charge in [-0.2, -0.15) is 17.7 Å². The molecule has 0 N–H and O–H groups in total. The normalized spacial score (nSPS) is 19.4. The third-order valence-corrected chi connectivity index (χ3v) is 3.89. The molecule has 27 heavy (non-hydrogen) atoms. The molecule has 2 atom stereocenters. The molecule has 0 bridgehead atoms. The molecule has 0 saturated heterocycles. The molecule has 2 aliphatic carbocycles. The molecule has 2 unspecified atom stereocenters. The van der Waals surface area contributed by atoms with Gasteiger partial charge < -0.3 is 24.8 Å². The van der Waals surface area contributed by atoms with E-state index in [9.17, 15) is 0 Å². The summed E-state index contributed by atoms with van der Waals surface area (Å²) < 4.78 is 0. The van der Waals surface area contributed by atoms with Crippen LogP contribution < -0.4 is 24.8 Å². The Morgan fingerprint density at radius 3 is 1.56 bits per heavy atom. The van der Waals surface area contributed by atoms with E-state index in [2.05, 4.69) is 96.3 Å². The molecule has 0 fully saturated rings. The van der Waals surface area contributed by atoms with Gasteiger partial charge >= 0.3 is 41.9 Å². The molecule has 2 aliphatic rings. The Labute approximate surface area is 194 Å². The second-order valence-corrected chi connectivity index (χ2v) is 16.3. The maximum absolute atomic E-state index is 3.39. The van der Waals surface area contributed by atoms with Crippen LogP contribution in [0.5, 0.6) is 0 Å². The number of allylic oxidation sites excluding steroid dienone is 8. The number of rotatable bonds is 1. The van der Waals surface area contributed by atoms with Crippen LogP contribution in [0.15, 0.2) is 59.2 Å². The van der Waals surface area contributed by atoms with E-state index in [1.807, 2.05) is 6.07 Å². The smallest absolute Gasteiger partial charge is 1.00 e. The van der Waals surface area contributed by atoms with Crippen molar-refractivity contribution in [3.05, 3.63) is 76.9 Å². The largest absolute Gasteiger partial charge is 1.00 e. The van der Waals surface area contributed by atoms with Gasteiger partial charge in [-0.3, -0.25) is 12.2 Å². The molecular weight excluding hydrogens is 466 g/mol. The van der Waals surface area contributed by atoms with Crippen LogP contribution in [0, 0.1) is 24.0 Å². The van der Waals surface area contributed by atoms with Gasteiger partial charge in [0.1, 0.15) is 0 Å². The quantitative estimate of drug-likeness (QED) is 0.395. The second-order valence-electron chi connectivity index (χ2n) is 6.91. The van der Waals surface area contributed by atoms with E-state index < -0.39 is 0 Å². The van der Waals surface area contributed by atoms with E-state index in [4.69, 9.17) is 0 Å². The van der Waals surface area contributed by atoms with Crippen LogP contribution in [0.2, 0.25) is 13.1 Å². The standard InChI is InChI=1S/C13H13.C8H11.C2H6Si.2ClH.Zr/c1-10-8-11(2)13(9-10)12-6-4-3-5-7-12;1-6-4-7(2)8(3)5-6;1-3-2;;;/h3-7,9-10H,1-2H3;4,6H,1-3H3;1-2H3;2*1H;/q2*-1;;;;+2/p-2. The average molecular weight is 497 g/mol. The van der Waals surface area contributed by atoms with Crippen molar-refractivity contribution in [2.24, 2.45) is 11.8 Å². The van der Waals surface area contributed by atoms with E-state index in [1.165, 1.54) is 27.9 Å². The van der Waals surface area contributed by atoms with Crippen LogP contribution in [0.4, 0.5) is 0 Å². The summed E-state index contributed by atoms with van der Waals surface area (Å²) in [7, 11) is 0. The zero-order valence-electron chi connectivity index (χ0n) is 17.5. The fourth-order valence-corrected chi connectivity index (χ4v) is 2.76. The van der Waals surface area contributed by atoms with Crippen molar-refractivity contribution in [3.63, 3.8) is 0 Å². The van der Waals surface area contributed by atoms with Gasteiger partial charge in [0, 0.05) is 0 Å². The maximum atomic E-state index is 3.39. The predicted octanol–water partition coefficient (Wildman–Crippen LogP) is 0.593. The van der Waals surface area contributed by atoms with Crippen LogP contribution in [-0.4, -0.2) is 5.43 Å². The number of benzene rings is 1. The van der Waals surface area contributed by atoms with Gasteiger partial charge in [0.15, 0.2) is 0 Å². The molecule has 146 valence electrons. The fourth-order valence-electron chi connectivity index (χ4n) is 2.76. The summed E-state index contributed by atoms with van der Waals surface area (Å²) in [5.41, 5.74) is 6.83. The number of halogens is 2. The molecule has 0 nitrogen and oxygen atoms in total. The minimum Gasteiger partial charge on any atom is -1.00 e. The molecule has 0 saturated carbocycles. The van der Waals surface area contributed by atoms with Crippen molar-refractivity contribution in [1.82, 2.24) is 0 Å². The minimum absolute atomic E-state index is 0. The van der Waals surface area contributed by atoms with Crippen LogP contribution in [0.25, 0.3) is 5.57 Å². The van der Waals surface area contributed by atoms with Crippen LogP contribution >= 0.6 is 0 Å². The van der Waals surface area contributed by atoms with E-state index >= 15 is 0 Å². The van der Waals surface area contributed by atoms with Gasteiger partial charge in [-0.1, -0.05) is 69.9 Å². The summed E-state index contributed by atoms with van der Waals surface area (Å²) in [4.78, 5) is 0. The molecular formula is C23H30Cl2SiZr-2. The zero-order valence-corrected chi connectivity index (χ0v) is 22.4. The van der Waals surface area contributed by atoms with Crippen molar-refractivity contribution in [2.45, 2.75) is 47.7 Å². The summed E-state index contributed by atoms with van der Waals surface area (Å²) in [5.74, 6) is 1.02. The molecule has 0 spiro atoms. The van der Waals surface area contributed by atoms with Crippen molar-refractivity contribution in [3.8, 4) is 0 Å². The van der Waals surface area contributed by atoms with Gasteiger partial charge in [-0.05, 0) is 0 Å². The van der Waals surface area contributed by atoms with Crippen molar-refractivity contribution in [2.75, 3.05) is 0 Å². The van der Waals surface area contributed by atoms with Gasteiger partial charge in [0.2, 0.25) is 0 Å². The molecule has 0 radical (unpaired) electrons. The Balaban J connectivity index is 0. The van der Waals surface area contributed by atoms with Crippen molar-refractivity contribution < 1.29 is 48.1 Å². The van der Waals surface area contributed by atoms with Gasteiger partial charge in [0.25, 0.3) is 0 Å². The third kappa shape index (κ3) is 11.4. The van der Waals surface area contributed by atoms with Crippen LogP contribution in [0.3, 0.4) is 0 Å². The molecule has 0 aliphatic heterocycles. The van der Waals surface area contributed by atoms with E-state index in [1.54, 1.807) is 23.3 Å². The second kappa shape index (κ2) is 14.8. The van der Waals surface area contributed by atoms with Crippen molar-refractivity contribution in [1.29, 1.82) is 0 Å². The van der Waals surface area contributed by atoms with Gasteiger partial charge in [-0.15, -0.1) is 12.5 Å². The first-order valence-electron chi connectivity index (χ1n) is 8.89. The molecule has 0 heterocycles. The van der Waals surface area contributed by atoms with Gasteiger partial charge in [-0.25, -0.2) is 16.7 Å². The third-order valence-electron chi connectivity index (χ3n) is 3.89. The first-order chi connectivity index (χ1) is 11.7. The molecule has 0 amide bonds. The fraction of sp³-hybridized carbons (Fsp3) is 0.391.